The highest BCUT2D eigenvalue weighted by atomic mass is 32.2. The van der Waals surface area contributed by atoms with Crippen LogP contribution in [0.1, 0.15) is 61.8 Å². The first-order valence-electron chi connectivity index (χ1n) is 12.7. The summed E-state index contributed by atoms with van der Waals surface area (Å²) >= 11 is 0. The fraction of sp³-hybridized carbons (Fsp3) is 0.500. The van der Waals surface area contributed by atoms with E-state index in [0.29, 0.717) is 31.6 Å². The molecule has 1 N–H and O–H groups in total. The minimum absolute atomic E-state index is 0.139. The summed E-state index contributed by atoms with van der Waals surface area (Å²) in [5.74, 6) is -0.321. The van der Waals surface area contributed by atoms with E-state index in [2.05, 4.69) is 5.32 Å². The molecular weight excluding hydrogens is 474 g/mol. The molecule has 0 saturated heterocycles. The molecule has 0 heterocycles. The second-order valence-electron chi connectivity index (χ2n) is 9.45. The van der Waals surface area contributed by atoms with Gasteiger partial charge in [-0.3, -0.25) is 13.9 Å². The second-order valence-corrected chi connectivity index (χ2v) is 11.4. The largest absolute Gasteiger partial charge is 0.354 e. The third kappa shape index (κ3) is 8.36. The number of rotatable bonds is 13. The zero-order valence-electron chi connectivity index (χ0n) is 22.5. The van der Waals surface area contributed by atoms with Crippen molar-refractivity contribution in [3.8, 4) is 0 Å². The normalized spacial score (nSPS) is 12.2. The summed E-state index contributed by atoms with van der Waals surface area (Å²) in [6.07, 6.45) is 2.97. The van der Waals surface area contributed by atoms with Gasteiger partial charge in [-0.2, -0.15) is 0 Å². The molecule has 0 bridgehead atoms. The van der Waals surface area contributed by atoms with Gasteiger partial charge in [0.2, 0.25) is 21.8 Å². The number of sulfonamides is 1. The molecule has 8 heteroatoms. The Bertz CT molecular complexity index is 1150. The maximum Gasteiger partial charge on any atom is 0.242 e. The average molecular weight is 516 g/mol. The summed E-state index contributed by atoms with van der Waals surface area (Å²) < 4.78 is 26.6. The lowest BCUT2D eigenvalue weighted by atomic mass is 10.1. The van der Waals surface area contributed by atoms with Gasteiger partial charge in [-0.15, -0.1) is 0 Å². The van der Waals surface area contributed by atoms with Crippen molar-refractivity contribution >= 4 is 27.5 Å². The number of carbonyl (C=O) groups is 2. The zero-order valence-corrected chi connectivity index (χ0v) is 23.3. The number of nitrogens with one attached hydrogen (secondary N) is 1. The minimum Gasteiger partial charge on any atom is -0.354 e. The lowest BCUT2D eigenvalue weighted by molar-refractivity contribution is -0.141. The van der Waals surface area contributed by atoms with E-state index in [-0.39, 0.29) is 24.8 Å². The zero-order chi connectivity index (χ0) is 26.9. The Hall–Kier alpha value is -2.87. The first-order valence-corrected chi connectivity index (χ1v) is 14.5. The highest BCUT2D eigenvalue weighted by Gasteiger charge is 2.29. The molecular formula is C28H41N3O4S. The molecule has 0 aliphatic rings. The molecule has 1 unspecified atom stereocenters. The van der Waals surface area contributed by atoms with E-state index in [1.165, 1.54) is 10.6 Å². The van der Waals surface area contributed by atoms with Crippen molar-refractivity contribution in [2.75, 3.05) is 23.7 Å². The van der Waals surface area contributed by atoms with Crippen LogP contribution in [0.4, 0.5) is 5.69 Å². The Kier molecular flexibility index (Phi) is 11.0. The van der Waals surface area contributed by atoms with Crippen LogP contribution in [0, 0.1) is 20.8 Å². The summed E-state index contributed by atoms with van der Waals surface area (Å²) in [5, 5.41) is 2.92. The van der Waals surface area contributed by atoms with Gasteiger partial charge in [0.1, 0.15) is 6.04 Å². The molecule has 0 aromatic heterocycles. The summed E-state index contributed by atoms with van der Waals surface area (Å²) in [4.78, 5) is 28.0. The molecule has 0 aliphatic carbocycles. The number of hydrogen-bond acceptors (Lipinski definition) is 4. The predicted octanol–water partition coefficient (Wildman–Crippen LogP) is 4.49. The van der Waals surface area contributed by atoms with E-state index >= 15 is 0 Å². The molecule has 36 heavy (non-hydrogen) atoms. The van der Waals surface area contributed by atoms with Gasteiger partial charge in [-0.05, 0) is 62.8 Å². The van der Waals surface area contributed by atoms with Crippen LogP contribution in [0.25, 0.3) is 0 Å². The smallest absolute Gasteiger partial charge is 0.242 e. The SMILES string of the molecule is CCCNC(=O)C(CC)N(Cc1cccc(C)c1)C(=O)CCCN(c1cc(C)ccc1C)S(C)(=O)=O. The van der Waals surface area contributed by atoms with Gasteiger partial charge >= 0.3 is 0 Å². The third-order valence-corrected chi connectivity index (χ3v) is 7.34. The first kappa shape index (κ1) is 29.4. The van der Waals surface area contributed by atoms with Crippen LogP contribution in [0.15, 0.2) is 42.5 Å². The van der Waals surface area contributed by atoms with Crippen molar-refractivity contribution in [3.63, 3.8) is 0 Å². The van der Waals surface area contributed by atoms with Gasteiger partial charge < -0.3 is 10.2 Å². The highest BCUT2D eigenvalue weighted by molar-refractivity contribution is 7.92. The molecule has 0 fully saturated rings. The van der Waals surface area contributed by atoms with Gasteiger partial charge in [-0.25, -0.2) is 8.42 Å². The van der Waals surface area contributed by atoms with Crippen molar-refractivity contribution < 1.29 is 18.0 Å². The van der Waals surface area contributed by atoms with E-state index in [1.54, 1.807) is 4.90 Å². The standard InChI is InChI=1S/C28H41N3O4S/c1-7-16-29-28(33)25(8-2)30(20-24-12-9-11-21(3)18-24)27(32)13-10-17-31(36(6,34)35)26-19-22(4)14-15-23(26)5/h9,11-12,14-15,18-19,25H,7-8,10,13,16-17,20H2,1-6H3,(H,29,33). The Morgan fingerprint density at radius 1 is 1.00 bits per heavy atom. The molecule has 2 aromatic carbocycles. The van der Waals surface area contributed by atoms with Crippen LogP contribution in [-0.4, -0.2) is 50.5 Å². The molecule has 0 spiro atoms. The Morgan fingerprint density at radius 3 is 2.31 bits per heavy atom. The Balaban J connectivity index is 2.24. The molecule has 2 aromatic rings. The third-order valence-electron chi connectivity index (χ3n) is 6.16. The maximum absolute atomic E-state index is 13.5. The number of aryl methyl sites for hydroxylation is 3. The number of nitrogens with zero attached hydrogens (tertiary/aromatic N) is 2. The number of hydrogen-bond donors (Lipinski definition) is 1. The van der Waals surface area contributed by atoms with Gasteiger partial charge in [0.05, 0.1) is 11.9 Å². The van der Waals surface area contributed by atoms with Crippen LogP contribution in [-0.2, 0) is 26.2 Å². The Labute approximate surface area is 216 Å². The second kappa shape index (κ2) is 13.4. The van der Waals surface area contributed by atoms with Crippen molar-refractivity contribution in [1.29, 1.82) is 0 Å². The summed E-state index contributed by atoms with van der Waals surface area (Å²) in [5.41, 5.74) is 4.50. The monoisotopic (exact) mass is 515 g/mol. The minimum atomic E-state index is -3.53. The molecule has 1 atom stereocenters. The fourth-order valence-corrected chi connectivity index (χ4v) is 5.28. The van der Waals surface area contributed by atoms with Gasteiger partial charge in [-0.1, -0.05) is 55.8 Å². The maximum atomic E-state index is 13.5. The molecule has 198 valence electrons. The van der Waals surface area contributed by atoms with E-state index in [4.69, 9.17) is 0 Å². The van der Waals surface area contributed by atoms with Crippen molar-refractivity contribution in [2.24, 2.45) is 0 Å². The molecule has 7 nitrogen and oxygen atoms in total. The van der Waals surface area contributed by atoms with Crippen LogP contribution in [0.5, 0.6) is 0 Å². The topological polar surface area (TPSA) is 86.8 Å². The van der Waals surface area contributed by atoms with Crippen molar-refractivity contribution in [3.05, 3.63) is 64.7 Å². The lowest BCUT2D eigenvalue weighted by Crippen LogP contribution is -2.49. The molecule has 2 amide bonds. The quantitative estimate of drug-likeness (QED) is 0.426. The molecule has 2 rings (SSSR count). The first-order chi connectivity index (χ1) is 17.0. The number of anilines is 1. The fourth-order valence-electron chi connectivity index (χ4n) is 4.26. The van der Waals surface area contributed by atoms with Crippen LogP contribution in [0.3, 0.4) is 0 Å². The molecule has 0 radical (unpaired) electrons. The number of amides is 2. The average Bonchev–Trinajstić information content (AvgIpc) is 2.81. The predicted molar refractivity (Wildman–Crippen MR) is 146 cm³/mol. The molecule has 0 saturated carbocycles. The van der Waals surface area contributed by atoms with Gasteiger partial charge in [0.15, 0.2) is 0 Å². The number of benzene rings is 2. The molecule has 0 aliphatic heterocycles. The van der Waals surface area contributed by atoms with Crippen LogP contribution >= 0.6 is 0 Å². The summed E-state index contributed by atoms with van der Waals surface area (Å²) in [7, 11) is -3.53. The van der Waals surface area contributed by atoms with E-state index in [9.17, 15) is 18.0 Å². The van der Waals surface area contributed by atoms with Crippen molar-refractivity contribution in [1.82, 2.24) is 10.2 Å². The Morgan fingerprint density at radius 2 is 1.69 bits per heavy atom. The van der Waals surface area contributed by atoms with E-state index in [0.717, 1.165) is 28.7 Å². The summed E-state index contributed by atoms with van der Waals surface area (Å²) in [6, 6.07) is 13.0. The highest BCUT2D eigenvalue weighted by Crippen LogP contribution is 2.25. The van der Waals surface area contributed by atoms with E-state index in [1.807, 2.05) is 77.1 Å². The van der Waals surface area contributed by atoms with Gasteiger partial charge in [0, 0.05) is 26.1 Å². The van der Waals surface area contributed by atoms with Crippen molar-refractivity contribution in [2.45, 2.75) is 72.9 Å². The summed E-state index contributed by atoms with van der Waals surface area (Å²) in [6.45, 7) is 10.7. The van der Waals surface area contributed by atoms with Crippen LogP contribution in [0.2, 0.25) is 0 Å². The lowest BCUT2D eigenvalue weighted by Gasteiger charge is -2.31. The van der Waals surface area contributed by atoms with E-state index < -0.39 is 16.1 Å². The van der Waals surface area contributed by atoms with Gasteiger partial charge in [0.25, 0.3) is 0 Å². The van der Waals surface area contributed by atoms with Crippen LogP contribution < -0.4 is 9.62 Å². The number of carbonyl (C=O) groups excluding carboxylic acids is 2.